The number of hydrogen-bond donors (Lipinski definition) is 0. The van der Waals surface area contributed by atoms with E-state index < -0.39 is 0 Å². The number of aromatic nitrogens is 1. The van der Waals surface area contributed by atoms with Crippen molar-refractivity contribution in [2.75, 3.05) is 23.9 Å². The van der Waals surface area contributed by atoms with E-state index in [1.54, 1.807) is 0 Å². The molecule has 4 heteroatoms. The molecule has 1 saturated heterocycles. The number of alkyl halides is 1. The van der Waals surface area contributed by atoms with E-state index >= 15 is 0 Å². The molecule has 1 aliphatic heterocycles. The highest BCUT2D eigenvalue weighted by atomic mass is 35.5. The normalized spacial score (nSPS) is 19.5. The van der Waals surface area contributed by atoms with Crippen molar-refractivity contribution in [2.24, 2.45) is 5.92 Å². The Labute approximate surface area is 129 Å². The lowest BCUT2D eigenvalue weighted by molar-refractivity contribution is 0.407. The van der Waals surface area contributed by atoms with Crippen LogP contribution in [0, 0.1) is 5.92 Å². The second-order valence-corrected chi connectivity index (χ2v) is 6.24. The number of piperidine rings is 1. The van der Waals surface area contributed by atoms with Gasteiger partial charge in [0, 0.05) is 41.3 Å². The van der Waals surface area contributed by atoms with E-state index in [1.807, 2.05) is 18.3 Å². The van der Waals surface area contributed by atoms with Gasteiger partial charge in [-0.2, -0.15) is 0 Å². The molecule has 0 aliphatic carbocycles. The van der Waals surface area contributed by atoms with Crippen LogP contribution in [0.5, 0.6) is 0 Å². The Hall–Kier alpha value is -0.990. The van der Waals surface area contributed by atoms with Gasteiger partial charge in [-0.15, -0.1) is 11.6 Å². The zero-order valence-corrected chi connectivity index (χ0v) is 12.9. The molecule has 3 rings (SSSR count). The van der Waals surface area contributed by atoms with Gasteiger partial charge in [-0.25, -0.2) is 0 Å². The standard InChI is InChI=1S/C16H18Cl2N2/c17-7-5-12-2-1-9-20(11-12)16-6-8-19-15-10-13(18)3-4-14(15)16/h3-4,6,8,10,12H,1-2,5,7,9,11H2. The number of benzene rings is 1. The van der Waals surface area contributed by atoms with Crippen LogP contribution >= 0.6 is 23.2 Å². The average molecular weight is 309 g/mol. The predicted octanol–water partition coefficient (Wildman–Crippen LogP) is 4.73. The van der Waals surface area contributed by atoms with Crippen LogP contribution in [0.3, 0.4) is 0 Å². The Kier molecular flexibility index (Phi) is 4.32. The lowest BCUT2D eigenvalue weighted by Gasteiger charge is -2.34. The van der Waals surface area contributed by atoms with Gasteiger partial charge in [-0.05, 0) is 49.4 Å². The summed E-state index contributed by atoms with van der Waals surface area (Å²) in [5.74, 6) is 1.46. The van der Waals surface area contributed by atoms with Crippen molar-refractivity contribution in [3.05, 3.63) is 35.5 Å². The van der Waals surface area contributed by atoms with E-state index in [4.69, 9.17) is 23.2 Å². The van der Waals surface area contributed by atoms with Gasteiger partial charge in [-0.1, -0.05) is 11.6 Å². The minimum Gasteiger partial charge on any atom is -0.371 e. The highest BCUT2D eigenvalue weighted by Crippen LogP contribution is 2.31. The summed E-state index contributed by atoms with van der Waals surface area (Å²) >= 11 is 12.0. The van der Waals surface area contributed by atoms with Crippen molar-refractivity contribution in [2.45, 2.75) is 19.3 Å². The summed E-state index contributed by atoms with van der Waals surface area (Å²) in [4.78, 5) is 6.89. The zero-order valence-electron chi connectivity index (χ0n) is 11.4. The third-order valence-corrected chi connectivity index (χ3v) is 4.51. The molecule has 0 bridgehead atoms. The Morgan fingerprint density at radius 2 is 2.20 bits per heavy atom. The fraction of sp³-hybridized carbons (Fsp3) is 0.438. The van der Waals surface area contributed by atoms with Crippen molar-refractivity contribution < 1.29 is 0 Å². The number of nitrogens with zero attached hydrogens (tertiary/aromatic N) is 2. The second-order valence-electron chi connectivity index (χ2n) is 5.42. The van der Waals surface area contributed by atoms with E-state index in [2.05, 4.69) is 22.0 Å². The summed E-state index contributed by atoms with van der Waals surface area (Å²) in [5.41, 5.74) is 2.24. The topological polar surface area (TPSA) is 16.1 Å². The Balaban J connectivity index is 1.93. The largest absolute Gasteiger partial charge is 0.371 e. The molecule has 2 nitrogen and oxygen atoms in total. The molecule has 0 radical (unpaired) electrons. The molecule has 1 aromatic carbocycles. The summed E-state index contributed by atoms with van der Waals surface area (Å²) in [6, 6.07) is 8.06. The van der Waals surface area contributed by atoms with Crippen LogP contribution in [0.4, 0.5) is 5.69 Å². The number of fused-ring (bicyclic) bond motifs is 1. The molecule has 1 fully saturated rings. The minimum atomic E-state index is 0.705. The molecule has 2 heterocycles. The maximum absolute atomic E-state index is 6.05. The van der Waals surface area contributed by atoms with Crippen molar-refractivity contribution in [3.63, 3.8) is 0 Å². The summed E-state index contributed by atoms with van der Waals surface area (Å²) in [6.07, 6.45) is 5.50. The van der Waals surface area contributed by atoms with Gasteiger partial charge in [0.15, 0.2) is 0 Å². The number of pyridine rings is 1. The molecule has 0 amide bonds. The fourth-order valence-electron chi connectivity index (χ4n) is 3.06. The highest BCUT2D eigenvalue weighted by molar-refractivity contribution is 6.31. The average Bonchev–Trinajstić information content (AvgIpc) is 2.47. The Morgan fingerprint density at radius 3 is 3.05 bits per heavy atom. The van der Waals surface area contributed by atoms with Crippen molar-refractivity contribution in [3.8, 4) is 0 Å². The number of hydrogen-bond acceptors (Lipinski definition) is 2. The lowest BCUT2D eigenvalue weighted by atomic mass is 9.95. The van der Waals surface area contributed by atoms with Gasteiger partial charge in [0.05, 0.1) is 5.52 Å². The number of halogens is 2. The van der Waals surface area contributed by atoms with Crippen LogP contribution in [-0.4, -0.2) is 24.0 Å². The molecule has 1 aromatic heterocycles. The van der Waals surface area contributed by atoms with Gasteiger partial charge in [0.2, 0.25) is 0 Å². The van der Waals surface area contributed by atoms with E-state index in [1.165, 1.54) is 23.9 Å². The molecule has 20 heavy (non-hydrogen) atoms. The van der Waals surface area contributed by atoms with Crippen LogP contribution in [0.2, 0.25) is 5.02 Å². The second kappa shape index (κ2) is 6.19. The first-order valence-electron chi connectivity index (χ1n) is 7.13. The highest BCUT2D eigenvalue weighted by Gasteiger charge is 2.21. The first kappa shape index (κ1) is 14.0. The molecule has 2 aromatic rings. The molecule has 0 saturated carbocycles. The van der Waals surface area contributed by atoms with Crippen molar-refractivity contribution in [1.82, 2.24) is 4.98 Å². The fourth-order valence-corrected chi connectivity index (χ4v) is 3.53. The number of anilines is 1. The van der Waals surface area contributed by atoms with Gasteiger partial charge < -0.3 is 4.90 Å². The van der Waals surface area contributed by atoms with Crippen LogP contribution in [0.15, 0.2) is 30.5 Å². The van der Waals surface area contributed by atoms with Crippen LogP contribution in [0.1, 0.15) is 19.3 Å². The smallest absolute Gasteiger partial charge is 0.0737 e. The first-order chi connectivity index (χ1) is 9.78. The SMILES string of the molecule is ClCCC1CCCN(c2ccnc3cc(Cl)ccc23)C1. The molecule has 1 aliphatic rings. The Bertz CT molecular complexity index is 598. The third-order valence-electron chi connectivity index (χ3n) is 4.06. The molecule has 106 valence electrons. The van der Waals surface area contributed by atoms with Crippen molar-refractivity contribution in [1.29, 1.82) is 0 Å². The van der Waals surface area contributed by atoms with Gasteiger partial charge in [0.25, 0.3) is 0 Å². The molecule has 0 N–H and O–H groups in total. The molecule has 1 unspecified atom stereocenters. The third kappa shape index (κ3) is 2.87. The van der Waals surface area contributed by atoms with E-state index in [0.717, 1.165) is 35.9 Å². The summed E-state index contributed by atoms with van der Waals surface area (Å²) in [5, 5.41) is 1.92. The molecular weight excluding hydrogens is 291 g/mol. The van der Waals surface area contributed by atoms with Gasteiger partial charge >= 0.3 is 0 Å². The number of rotatable bonds is 3. The quantitative estimate of drug-likeness (QED) is 0.762. The van der Waals surface area contributed by atoms with Gasteiger partial charge in [0.1, 0.15) is 0 Å². The lowest BCUT2D eigenvalue weighted by Crippen LogP contribution is -2.35. The molecule has 0 spiro atoms. The molecule has 1 atom stereocenters. The monoisotopic (exact) mass is 308 g/mol. The minimum absolute atomic E-state index is 0.705. The van der Waals surface area contributed by atoms with E-state index in [0.29, 0.717) is 5.92 Å². The first-order valence-corrected chi connectivity index (χ1v) is 8.04. The van der Waals surface area contributed by atoms with E-state index in [-0.39, 0.29) is 0 Å². The maximum atomic E-state index is 6.05. The zero-order chi connectivity index (χ0) is 13.9. The van der Waals surface area contributed by atoms with Gasteiger partial charge in [-0.3, -0.25) is 4.98 Å². The van der Waals surface area contributed by atoms with Crippen LogP contribution in [-0.2, 0) is 0 Å². The summed E-state index contributed by atoms with van der Waals surface area (Å²) in [7, 11) is 0. The predicted molar refractivity (Wildman–Crippen MR) is 87.0 cm³/mol. The van der Waals surface area contributed by atoms with Crippen LogP contribution < -0.4 is 4.90 Å². The summed E-state index contributed by atoms with van der Waals surface area (Å²) < 4.78 is 0. The van der Waals surface area contributed by atoms with Crippen molar-refractivity contribution >= 4 is 39.8 Å². The Morgan fingerprint density at radius 1 is 1.30 bits per heavy atom. The molecular formula is C16H18Cl2N2. The van der Waals surface area contributed by atoms with E-state index in [9.17, 15) is 0 Å². The maximum Gasteiger partial charge on any atom is 0.0737 e. The van der Waals surface area contributed by atoms with Crippen LogP contribution in [0.25, 0.3) is 10.9 Å². The summed E-state index contributed by atoms with van der Waals surface area (Å²) in [6.45, 7) is 2.20.